The largest absolute Gasteiger partial charge is 0.573 e. The van der Waals surface area contributed by atoms with Crippen molar-refractivity contribution in [1.29, 1.82) is 0 Å². The van der Waals surface area contributed by atoms with Gasteiger partial charge in [0.2, 0.25) is 36.4 Å². The van der Waals surface area contributed by atoms with E-state index in [2.05, 4.69) is 26.0 Å². The van der Waals surface area contributed by atoms with Crippen LogP contribution in [0.3, 0.4) is 0 Å². The fraction of sp³-hybridized carbons (Fsp3) is 0.600. The molecule has 0 radical (unpaired) electrons. The molecule has 0 aliphatic heterocycles. The SMILES string of the molecule is CCC(COCON(C=O)C(C)C(Cc1ccc(OC(F)(F)F)cc1)C(=O)NC(C(=O)NC)C(C)(C)C)NC(=O)C(NC(=O)C(CCCc1ccccc1)C(C)N(O)C=O)C(C)(C)C. The summed E-state index contributed by atoms with van der Waals surface area (Å²) in [5.74, 6) is -4.53. The predicted molar refractivity (Wildman–Crippen MR) is 231 cm³/mol. The summed E-state index contributed by atoms with van der Waals surface area (Å²) in [6, 6.07) is 10.0. The van der Waals surface area contributed by atoms with E-state index < -0.39 is 95.4 Å². The highest BCUT2D eigenvalue weighted by molar-refractivity contribution is 5.90. The third-order valence-corrected chi connectivity index (χ3v) is 10.8. The standard InChI is InChI=1S/C45H67F3N6O10/c1-11-33(50-42(60)38(44(7,8)9)52-39(57)35(29(2)53(61)26-55)19-15-18-31-16-13-12-14-17-31)25-62-28-63-54(27-56)30(3)36(40(58)51-37(41(59)49-10)43(4,5)6)24-32-20-22-34(23-21-32)64-45(46,47)48/h12-14,16-17,20-23,26-27,29-30,33,35-38,61H,11,15,18-19,24-25,28H2,1-10H3,(H,49,59)(H,50,60)(H,51,58)(H,52,57). The molecule has 6 amide bonds. The number of ether oxygens (including phenoxy) is 2. The minimum atomic E-state index is -4.91. The van der Waals surface area contributed by atoms with Gasteiger partial charge in [-0.05, 0) is 80.0 Å². The van der Waals surface area contributed by atoms with Crippen LogP contribution in [0.2, 0.25) is 0 Å². The number of carbonyl (C=O) groups is 6. The highest BCUT2D eigenvalue weighted by Gasteiger charge is 2.39. The second kappa shape index (κ2) is 25.3. The van der Waals surface area contributed by atoms with Crippen molar-refractivity contribution in [3.63, 3.8) is 0 Å². The number of nitrogens with one attached hydrogen (secondary N) is 4. The Bertz CT molecular complexity index is 1790. The Morgan fingerprint density at radius 3 is 1.81 bits per heavy atom. The molecular formula is C45H67F3N6O10. The van der Waals surface area contributed by atoms with E-state index in [1.54, 1.807) is 55.4 Å². The second-order valence-corrected chi connectivity index (χ2v) is 17.9. The van der Waals surface area contributed by atoms with Gasteiger partial charge in [-0.2, -0.15) is 0 Å². The van der Waals surface area contributed by atoms with Crippen molar-refractivity contribution in [1.82, 2.24) is 31.4 Å². The molecule has 0 fully saturated rings. The fourth-order valence-electron chi connectivity index (χ4n) is 6.86. The van der Waals surface area contributed by atoms with Gasteiger partial charge in [0.15, 0.2) is 6.79 Å². The quantitative estimate of drug-likeness (QED) is 0.0279. The van der Waals surface area contributed by atoms with Gasteiger partial charge in [0, 0.05) is 7.05 Å². The van der Waals surface area contributed by atoms with Crippen LogP contribution in [0, 0.1) is 22.7 Å². The summed E-state index contributed by atoms with van der Waals surface area (Å²) < 4.78 is 48.1. The molecule has 0 spiro atoms. The zero-order chi connectivity index (χ0) is 48.4. The van der Waals surface area contributed by atoms with Crippen LogP contribution >= 0.6 is 0 Å². The van der Waals surface area contributed by atoms with E-state index in [-0.39, 0.29) is 19.4 Å². The van der Waals surface area contributed by atoms with Crippen molar-refractivity contribution in [2.24, 2.45) is 22.7 Å². The van der Waals surface area contributed by atoms with E-state index in [9.17, 15) is 47.1 Å². The maximum Gasteiger partial charge on any atom is 0.573 e. The summed E-state index contributed by atoms with van der Waals surface area (Å²) in [6.45, 7) is 14.9. The number of aryl methyl sites for hydroxylation is 1. The van der Waals surface area contributed by atoms with E-state index in [4.69, 9.17) is 9.57 Å². The number of alkyl halides is 3. The number of hydrogen-bond donors (Lipinski definition) is 5. The number of hydrogen-bond acceptors (Lipinski definition) is 10. The van der Waals surface area contributed by atoms with Crippen molar-refractivity contribution in [2.45, 2.75) is 131 Å². The van der Waals surface area contributed by atoms with E-state index >= 15 is 0 Å². The molecule has 0 saturated carbocycles. The third-order valence-electron chi connectivity index (χ3n) is 10.8. The zero-order valence-electron chi connectivity index (χ0n) is 38.5. The molecule has 2 aromatic rings. The number of likely N-dealkylation sites (N-methyl/N-ethyl adjacent to an activating group) is 1. The van der Waals surface area contributed by atoms with Gasteiger partial charge in [0.25, 0.3) is 0 Å². The number of benzene rings is 2. The molecule has 7 unspecified atom stereocenters. The van der Waals surface area contributed by atoms with Crippen LogP contribution < -0.4 is 26.0 Å². The first kappa shape index (κ1) is 54.9. The Labute approximate surface area is 374 Å². The minimum absolute atomic E-state index is 0.0867. The molecule has 358 valence electrons. The van der Waals surface area contributed by atoms with Crippen LogP contribution in [0.25, 0.3) is 0 Å². The lowest BCUT2D eigenvalue weighted by Crippen LogP contribution is -2.58. The van der Waals surface area contributed by atoms with Gasteiger partial charge in [-0.3, -0.25) is 34.0 Å². The van der Waals surface area contributed by atoms with E-state index in [1.165, 1.54) is 26.1 Å². The van der Waals surface area contributed by atoms with Crippen LogP contribution in [0.15, 0.2) is 54.6 Å². The fourth-order valence-corrected chi connectivity index (χ4v) is 6.86. The van der Waals surface area contributed by atoms with E-state index in [1.807, 2.05) is 30.3 Å². The molecule has 2 rings (SSSR count). The normalized spacial score (nSPS) is 15.2. The third kappa shape index (κ3) is 18.1. The molecule has 0 aromatic heterocycles. The number of rotatable bonds is 26. The Balaban J connectivity index is 2.19. The molecule has 7 atom stereocenters. The van der Waals surface area contributed by atoms with Crippen molar-refractivity contribution < 1.29 is 61.5 Å². The summed E-state index contributed by atoms with van der Waals surface area (Å²) in [7, 11) is 1.42. The lowest BCUT2D eigenvalue weighted by atomic mass is 9.84. The Kier molecular flexibility index (Phi) is 21.7. The molecule has 5 N–H and O–H groups in total. The van der Waals surface area contributed by atoms with Crippen LogP contribution in [-0.4, -0.2) is 109 Å². The second-order valence-electron chi connectivity index (χ2n) is 17.9. The predicted octanol–water partition coefficient (Wildman–Crippen LogP) is 5.07. The average molecular weight is 909 g/mol. The topological polar surface area (TPSA) is 205 Å². The first-order chi connectivity index (χ1) is 29.9. The van der Waals surface area contributed by atoms with Crippen LogP contribution in [0.1, 0.15) is 92.7 Å². The van der Waals surface area contributed by atoms with Gasteiger partial charge < -0.3 is 30.7 Å². The molecule has 0 aliphatic rings. The molecule has 19 heteroatoms. The molecule has 0 saturated heterocycles. The summed E-state index contributed by atoms with van der Waals surface area (Å²) in [5, 5.41) is 22.6. The smallest absolute Gasteiger partial charge is 0.406 e. The molecule has 0 aliphatic carbocycles. The lowest BCUT2D eigenvalue weighted by molar-refractivity contribution is -0.274. The Morgan fingerprint density at radius 1 is 0.750 bits per heavy atom. The maximum absolute atomic E-state index is 13.9. The van der Waals surface area contributed by atoms with Gasteiger partial charge >= 0.3 is 6.36 Å². The van der Waals surface area contributed by atoms with E-state index in [0.717, 1.165) is 22.8 Å². The average Bonchev–Trinajstić information content (AvgIpc) is 3.23. The minimum Gasteiger partial charge on any atom is -0.406 e. The number of hydroxylamine groups is 4. The van der Waals surface area contributed by atoms with Crippen LogP contribution in [0.4, 0.5) is 13.2 Å². The lowest BCUT2D eigenvalue weighted by Gasteiger charge is -2.35. The van der Waals surface area contributed by atoms with Crippen molar-refractivity contribution in [3.8, 4) is 5.75 Å². The summed E-state index contributed by atoms with van der Waals surface area (Å²) in [4.78, 5) is 83.8. The number of halogens is 3. The molecule has 64 heavy (non-hydrogen) atoms. The first-order valence-corrected chi connectivity index (χ1v) is 21.2. The molecular weight excluding hydrogens is 842 g/mol. The van der Waals surface area contributed by atoms with Gasteiger partial charge in [-0.15, -0.1) is 13.2 Å². The molecule has 2 aromatic carbocycles. The summed E-state index contributed by atoms with van der Waals surface area (Å²) in [6.07, 6.45) is -2.48. The Morgan fingerprint density at radius 2 is 1.31 bits per heavy atom. The van der Waals surface area contributed by atoms with Crippen LogP contribution in [-0.2, 0) is 51.2 Å². The summed E-state index contributed by atoms with van der Waals surface area (Å²) in [5.41, 5.74) is -0.0261. The molecule has 0 heterocycles. The van der Waals surface area contributed by atoms with Crippen LogP contribution in [0.5, 0.6) is 5.75 Å². The number of carbonyl (C=O) groups excluding carboxylic acids is 6. The van der Waals surface area contributed by atoms with Crippen molar-refractivity contribution >= 4 is 36.4 Å². The number of nitrogens with zero attached hydrogens (tertiary/aromatic N) is 2. The van der Waals surface area contributed by atoms with Gasteiger partial charge in [-0.25, -0.2) is 15.0 Å². The Hall–Kier alpha value is -5.27. The van der Waals surface area contributed by atoms with Gasteiger partial charge in [0.05, 0.1) is 36.6 Å². The maximum atomic E-state index is 13.9. The zero-order valence-corrected chi connectivity index (χ0v) is 38.5. The monoisotopic (exact) mass is 908 g/mol. The van der Waals surface area contributed by atoms with Gasteiger partial charge in [-0.1, -0.05) is 90.9 Å². The first-order valence-electron chi connectivity index (χ1n) is 21.2. The van der Waals surface area contributed by atoms with Crippen molar-refractivity contribution in [3.05, 3.63) is 65.7 Å². The molecule has 16 nitrogen and oxygen atoms in total. The highest BCUT2D eigenvalue weighted by Crippen LogP contribution is 2.27. The summed E-state index contributed by atoms with van der Waals surface area (Å²) >= 11 is 0. The van der Waals surface area contributed by atoms with Gasteiger partial charge in [0.1, 0.15) is 17.8 Å². The van der Waals surface area contributed by atoms with E-state index in [0.29, 0.717) is 42.7 Å². The van der Waals surface area contributed by atoms with Crippen molar-refractivity contribution in [2.75, 3.05) is 20.4 Å². The number of amides is 6. The molecule has 0 bridgehead atoms. The highest BCUT2D eigenvalue weighted by atomic mass is 19.4.